The summed E-state index contributed by atoms with van der Waals surface area (Å²) in [5, 5.41) is 14.0. The van der Waals surface area contributed by atoms with E-state index < -0.39 is 5.97 Å². The average molecular weight is 515 g/mol. The van der Waals surface area contributed by atoms with Gasteiger partial charge in [-0.1, -0.05) is 52.5 Å². The van der Waals surface area contributed by atoms with Crippen LogP contribution in [0.4, 0.5) is 5.69 Å². The van der Waals surface area contributed by atoms with E-state index in [2.05, 4.69) is 5.32 Å². The lowest BCUT2D eigenvalue weighted by molar-refractivity contribution is 0.0697. The highest BCUT2D eigenvalue weighted by molar-refractivity contribution is 6.35. The smallest absolute Gasteiger partial charge is 0.337 e. The van der Waals surface area contributed by atoms with Gasteiger partial charge in [0.15, 0.2) is 11.5 Å². The van der Waals surface area contributed by atoms with Gasteiger partial charge in [-0.05, 0) is 48.9 Å². The highest BCUT2D eigenvalue weighted by atomic mass is 35.5. The molecule has 0 heterocycles. The van der Waals surface area contributed by atoms with Crippen LogP contribution in [0.25, 0.3) is 0 Å². The Kier molecular flexibility index (Phi) is 8.38. The Morgan fingerprint density at radius 2 is 1.59 bits per heavy atom. The summed E-state index contributed by atoms with van der Waals surface area (Å²) >= 11 is 24.7. The van der Waals surface area contributed by atoms with Crippen LogP contribution in [0.15, 0.2) is 48.5 Å². The molecule has 0 aromatic heterocycles. The van der Waals surface area contributed by atoms with Gasteiger partial charge in [-0.2, -0.15) is 0 Å². The van der Waals surface area contributed by atoms with Crippen LogP contribution in [0.5, 0.6) is 11.5 Å². The van der Waals surface area contributed by atoms with Crippen molar-refractivity contribution in [1.82, 2.24) is 0 Å². The summed E-state index contributed by atoms with van der Waals surface area (Å²) in [4.78, 5) is 11.1. The molecule has 0 aliphatic heterocycles. The molecule has 0 radical (unpaired) electrons. The minimum Gasteiger partial charge on any atom is -0.490 e. The zero-order chi connectivity index (χ0) is 23.3. The fraction of sp³-hybridized carbons (Fsp3) is 0.174. The molecular weight excluding hydrogens is 496 g/mol. The van der Waals surface area contributed by atoms with Gasteiger partial charge >= 0.3 is 5.97 Å². The van der Waals surface area contributed by atoms with E-state index in [4.69, 9.17) is 61.0 Å². The van der Waals surface area contributed by atoms with E-state index in [1.165, 1.54) is 6.07 Å². The maximum absolute atomic E-state index is 11.1. The van der Waals surface area contributed by atoms with Gasteiger partial charge in [0.2, 0.25) is 0 Å². The van der Waals surface area contributed by atoms with Gasteiger partial charge in [-0.15, -0.1) is 0 Å². The molecule has 3 aromatic carbocycles. The van der Waals surface area contributed by atoms with Crippen molar-refractivity contribution in [3.8, 4) is 11.5 Å². The van der Waals surface area contributed by atoms with Crippen molar-refractivity contribution in [3.63, 3.8) is 0 Å². The first-order valence-corrected chi connectivity index (χ1v) is 11.1. The molecule has 5 nitrogen and oxygen atoms in total. The number of benzene rings is 3. The lowest BCUT2D eigenvalue weighted by Crippen LogP contribution is -2.05. The predicted molar refractivity (Wildman–Crippen MR) is 129 cm³/mol. The van der Waals surface area contributed by atoms with Crippen molar-refractivity contribution in [2.75, 3.05) is 11.9 Å². The van der Waals surface area contributed by atoms with E-state index >= 15 is 0 Å². The Labute approximate surface area is 205 Å². The second-order valence-corrected chi connectivity index (χ2v) is 8.36. The minimum absolute atomic E-state index is 0.0381. The summed E-state index contributed by atoms with van der Waals surface area (Å²) < 4.78 is 11.6. The molecule has 0 bridgehead atoms. The van der Waals surface area contributed by atoms with Gasteiger partial charge in [0, 0.05) is 38.9 Å². The normalized spacial score (nSPS) is 10.7. The second-order valence-electron chi connectivity index (χ2n) is 6.70. The Hall–Kier alpha value is -2.31. The molecule has 3 rings (SSSR count). The van der Waals surface area contributed by atoms with Gasteiger partial charge in [0.05, 0.1) is 17.2 Å². The standard InChI is InChI=1S/C23H19Cl4NO4/c1-2-31-21-7-14(11-28-16-5-6-17(23(29)30)20(27)9-16)19(26)10-22(21)32-12-13-3-4-15(24)8-18(13)25/h3-10,28H,2,11-12H2,1H3,(H,29,30). The van der Waals surface area contributed by atoms with E-state index in [-0.39, 0.29) is 17.2 Å². The van der Waals surface area contributed by atoms with Crippen LogP contribution < -0.4 is 14.8 Å². The Morgan fingerprint density at radius 1 is 0.875 bits per heavy atom. The van der Waals surface area contributed by atoms with E-state index in [9.17, 15) is 4.79 Å². The van der Waals surface area contributed by atoms with Crippen molar-refractivity contribution >= 4 is 58.1 Å². The molecule has 0 amide bonds. The number of nitrogens with one attached hydrogen (secondary N) is 1. The molecule has 32 heavy (non-hydrogen) atoms. The molecule has 9 heteroatoms. The highest BCUT2D eigenvalue weighted by Crippen LogP contribution is 2.35. The number of hydrogen-bond acceptors (Lipinski definition) is 4. The van der Waals surface area contributed by atoms with Crippen molar-refractivity contribution in [2.45, 2.75) is 20.1 Å². The van der Waals surface area contributed by atoms with E-state index in [0.717, 1.165) is 11.1 Å². The minimum atomic E-state index is -1.08. The third-order valence-electron chi connectivity index (χ3n) is 4.49. The molecule has 0 saturated heterocycles. The SMILES string of the molecule is CCOc1cc(CNc2ccc(C(=O)O)c(Cl)c2)c(Cl)cc1OCc1ccc(Cl)cc1Cl. The van der Waals surface area contributed by atoms with E-state index in [1.54, 1.807) is 42.5 Å². The topological polar surface area (TPSA) is 67.8 Å². The van der Waals surface area contributed by atoms with Crippen molar-refractivity contribution in [1.29, 1.82) is 0 Å². The molecule has 3 aromatic rings. The Balaban J connectivity index is 1.76. The van der Waals surface area contributed by atoms with Gasteiger partial charge in [-0.25, -0.2) is 4.79 Å². The van der Waals surface area contributed by atoms with Gasteiger partial charge in [0.25, 0.3) is 0 Å². The summed E-state index contributed by atoms with van der Waals surface area (Å²) in [7, 11) is 0. The maximum atomic E-state index is 11.1. The fourth-order valence-corrected chi connectivity index (χ4v) is 3.83. The lowest BCUT2D eigenvalue weighted by Gasteiger charge is -2.16. The van der Waals surface area contributed by atoms with Crippen molar-refractivity contribution in [2.24, 2.45) is 0 Å². The summed E-state index contributed by atoms with van der Waals surface area (Å²) in [5.74, 6) is -0.0556. The molecule has 0 saturated carbocycles. The molecule has 0 aliphatic carbocycles. The first-order valence-electron chi connectivity index (χ1n) is 9.57. The Bertz CT molecular complexity index is 1140. The van der Waals surface area contributed by atoms with Crippen LogP contribution in [-0.4, -0.2) is 17.7 Å². The molecule has 168 valence electrons. The monoisotopic (exact) mass is 513 g/mol. The second kappa shape index (κ2) is 11.0. The summed E-state index contributed by atoms with van der Waals surface area (Å²) in [6, 6.07) is 13.3. The summed E-state index contributed by atoms with van der Waals surface area (Å²) in [6.45, 7) is 2.90. The molecule has 0 unspecified atom stereocenters. The number of carboxylic acids is 1. The van der Waals surface area contributed by atoms with Crippen LogP contribution in [0.3, 0.4) is 0 Å². The van der Waals surface area contributed by atoms with Crippen LogP contribution in [-0.2, 0) is 13.2 Å². The largest absolute Gasteiger partial charge is 0.490 e. The van der Waals surface area contributed by atoms with Gasteiger partial charge < -0.3 is 19.9 Å². The molecule has 0 spiro atoms. The quantitative estimate of drug-likeness (QED) is 0.308. The molecule has 2 N–H and O–H groups in total. The number of carboxylic acid groups (broad SMARTS) is 1. The molecule has 0 atom stereocenters. The predicted octanol–water partition coefficient (Wildman–Crippen LogP) is 7.59. The first kappa shape index (κ1) is 24.3. The maximum Gasteiger partial charge on any atom is 0.337 e. The third kappa shape index (κ3) is 6.14. The van der Waals surface area contributed by atoms with E-state index in [1.807, 2.05) is 6.92 Å². The molecule has 0 aliphatic rings. The number of rotatable bonds is 9. The zero-order valence-corrected chi connectivity index (χ0v) is 19.9. The Morgan fingerprint density at radius 3 is 2.25 bits per heavy atom. The third-order valence-corrected chi connectivity index (χ3v) is 5.74. The summed E-state index contributed by atoms with van der Waals surface area (Å²) in [6.07, 6.45) is 0. The van der Waals surface area contributed by atoms with Gasteiger partial charge in [-0.3, -0.25) is 0 Å². The number of carbonyl (C=O) groups is 1. The number of anilines is 1. The average Bonchev–Trinajstić information content (AvgIpc) is 2.73. The molecular formula is C23H19Cl4NO4. The lowest BCUT2D eigenvalue weighted by atomic mass is 10.1. The highest BCUT2D eigenvalue weighted by Gasteiger charge is 2.14. The van der Waals surface area contributed by atoms with Crippen molar-refractivity contribution in [3.05, 3.63) is 85.3 Å². The number of ether oxygens (including phenoxy) is 2. The first-order chi connectivity index (χ1) is 15.3. The van der Waals surface area contributed by atoms with Gasteiger partial charge in [0.1, 0.15) is 6.61 Å². The zero-order valence-electron chi connectivity index (χ0n) is 16.9. The number of aromatic carboxylic acids is 1. The van der Waals surface area contributed by atoms with E-state index in [0.29, 0.717) is 45.4 Å². The van der Waals surface area contributed by atoms with Crippen LogP contribution in [0.2, 0.25) is 20.1 Å². The number of halogens is 4. The van der Waals surface area contributed by atoms with Crippen LogP contribution >= 0.6 is 46.4 Å². The molecule has 0 fully saturated rings. The van der Waals surface area contributed by atoms with Crippen molar-refractivity contribution < 1.29 is 19.4 Å². The summed E-state index contributed by atoms with van der Waals surface area (Å²) in [5.41, 5.74) is 2.25. The number of hydrogen-bond donors (Lipinski definition) is 2. The van der Waals surface area contributed by atoms with Crippen LogP contribution in [0, 0.1) is 0 Å². The fourth-order valence-electron chi connectivity index (χ4n) is 2.88. The van der Waals surface area contributed by atoms with Crippen LogP contribution in [0.1, 0.15) is 28.4 Å².